The fourth-order valence-corrected chi connectivity index (χ4v) is 1.70. The Morgan fingerprint density at radius 2 is 1.80 bits per heavy atom. The quantitative estimate of drug-likeness (QED) is 0.460. The van der Waals surface area contributed by atoms with E-state index in [1.165, 1.54) is 42.7 Å². The molecule has 0 saturated carbocycles. The molecule has 2 aromatic rings. The number of ether oxygens (including phenoxy) is 1. The molecule has 0 atom stereocenters. The van der Waals surface area contributed by atoms with Crippen LogP contribution >= 0.6 is 0 Å². The minimum absolute atomic E-state index is 0.0109. The SMILES string of the molecule is O=C(COC(=O)c1ccncc1)NNC(=O)c1cccc([N+](=O)[O-])c1. The number of carbonyl (C=O) groups is 3. The van der Waals surface area contributed by atoms with Gasteiger partial charge in [0.05, 0.1) is 10.5 Å². The van der Waals surface area contributed by atoms with Crippen LogP contribution in [0.3, 0.4) is 0 Å². The molecule has 0 aliphatic rings. The normalized spacial score (nSPS) is 9.76. The van der Waals surface area contributed by atoms with Gasteiger partial charge in [0.15, 0.2) is 6.61 Å². The van der Waals surface area contributed by atoms with E-state index in [1.807, 2.05) is 5.43 Å². The van der Waals surface area contributed by atoms with Gasteiger partial charge in [0.25, 0.3) is 17.5 Å². The van der Waals surface area contributed by atoms with Gasteiger partial charge in [0, 0.05) is 30.1 Å². The molecule has 0 radical (unpaired) electrons. The minimum Gasteiger partial charge on any atom is -0.452 e. The van der Waals surface area contributed by atoms with Gasteiger partial charge >= 0.3 is 5.97 Å². The molecule has 2 N–H and O–H groups in total. The first-order chi connectivity index (χ1) is 12.0. The first-order valence-electron chi connectivity index (χ1n) is 6.88. The number of hydrazine groups is 1. The summed E-state index contributed by atoms with van der Waals surface area (Å²) in [5.41, 5.74) is 4.06. The molecule has 10 nitrogen and oxygen atoms in total. The average molecular weight is 344 g/mol. The van der Waals surface area contributed by atoms with Crippen molar-refractivity contribution in [1.29, 1.82) is 0 Å². The number of rotatable bonds is 5. The third kappa shape index (κ3) is 5.10. The van der Waals surface area contributed by atoms with Crippen LogP contribution < -0.4 is 10.9 Å². The molecule has 25 heavy (non-hydrogen) atoms. The van der Waals surface area contributed by atoms with Crippen LogP contribution in [0.25, 0.3) is 0 Å². The maximum Gasteiger partial charge on any atom is 0.338 e. The summed E-state index contributed by atoms with van der Waals surface area (Å²) in [6.07, 6.45) is 2.80. The maximum absolute atomic E-state index is 11.8. The molecule has 10 heteroatoms. The van der Waals surface area contributed by atoms with Crippen molar-refractivity contribution in [2.75, 3.05) is 6.61 Å². The van der Waals surface area contributed by atoms with Crippen molar-refractivity contribution in [3.63, 3.8) is 0 Å². The number of non-ortho nitro benzene ring substituents is 1. The fourth-order valence-electron chi connectivity index (χ4n) is 1.70. The standard InChI is InChI=1S/C15H12N4O6/c20-13(9-25-15(22)10-4-6-16-7-5-10)17-18-14(21)11-2-1-3-12(8-11)19(23)24/h1-8H,9H2,(H,17,20)(H,18,21). The van der Waals surface area contributed by atoms with E-state index in [9.17, 15) is 24.5 Å². The van der Waals surface area contributed by atoms with Crippen LogP contribution in [0.2, 0.25) is 0 Å². The van der Waals surface area contributed by atoms with Crippen LogP contribution in [0.4, 0.5) is 5.69 Å². The van der Waals surface area contributed by atoms with E-state index in [0.29, 0.717) is 0 Å². The van der Waals surface area contributed by atoms with Crippen LogP contribution in [0.15, 0.2) is 48.8 Å². The number of pyridine rings is 1. The summed E-state index contributed by atoms with van der Waals surface area (Å²) in [5, 5.41) is 10.7. The summed E-state index contributed by atoms with van der Waals surface area (Å²) >= 11 is 0. The molecule has 2 amide bonds. The van der Waals surface area contributed by atoms with Gasteiger partial charge in [-0.15, -0.1) is 0 Å². The summed E-state index contributed by atoms with van der Waals surface area (Å²) in [6, 6.07) is 7.82. The summed E-state index contributed by atoms with van der Waals surface area (Å²) < 4.78 is 4.76. The fraction of sp³-hybridized carbons (Fsp3) is 0.0667. The zero-order chi connectivity index (χ0) is 18.2. The third-order valence-corrected chi connectivity index (χ3v) is 2.88. The van der Waals surface area contributed by atoms with Gasteiger partial charge in [-0.3, -0.25) is 35.5 Å². The predicted molar refractivity (Wildman–Crippen MR) is 83.2 cm³/mol. The van der Waals surface area contributed by atoms with E-state index in [4.69, 9.17) is 4.74 Å². The molecular formula is C15H12N4O6. The number of nitro groups is 1. The molecule has 0 fully saturated rings. The molecular weight excluding hydrogens is 332 g/mol. The Bertz CT molecular complexity index is 809. The number of carbonyl (C=O) groups excluding carboxylic acids is 3. The molecule has 0 unspecified atom stereocenters. The molecule has 2 rings (SSSR count). The Morgan fingerprint density at radius 1 is 1.08 bits per heavy atom. The average Bonchev–Trinajstić information content (AvgIpc) is 2.64. The number of amides is 2. The van der Waals surface area contributed by atoms with E-state index in [1.54, 1.807) is 0 Å². The maximum atomic E-state index is 11.8. The number of nitrogens with zero attached hydrogens (tertiary/aromatic N) is 2. The van der Waals surface area contributed by atoms with Gasteiger partial charge in [-0.1, -0.05) is 6.07 Å². The zero-order valence-corrected chi connectivity index (χ0v) is 12.7. The Kier molecular flexibility index (Phi) is 5.72. The molecule has 0 aliphatic heterocycles. The van der Waals surface area contributed by atoms with E-state index >= 15 is 0 Å². The smallest absolute Gasteiger partial charge is 0.338 e. The van der Waals surface area contributed by atoms with Crippen molar-refractivity contribution in [3.8, 4) is 0 Å². The first-order valence-corrected chi connectivity index (χ1v) is 6.88. The second kappa shape index (κ2) is 8.15. The van der Waals surface area contributed by atoms with Crippen LogP contribution in [0.1, 0.15) is 20.7 Å². The van der Waals surface area contributed by atoms with E-state index in [2.05, 4.69) is 10.4 Å². The summed E-state index contributed by atoms with van der Waals surface area (Å²) in [5.74, 6) is -2.25. The van der Waals surface area contributed by atoms with Crippen LogP contribution in [-0.4, -0.2) is 34.3 Å². The number of aromatic nitrogens is 1. The van der Waals surface area contributed by atoms with Crippen LogP contribution in [0, 0.1) is 10.1 Å². The molecule has 0 spiro atoms. The van der Waals surface area contributed by atoms with Gasteiger partial charge in [-0.2, -0.15) is 0 Å². The Labute approximate surface area is 140 Å². The number of esters is 1. The largest absolute Gasteiger partial charge is 0.452 e. The zero-order valence-electron chi connectivity index (χ0n) is 12.7. The minimum atomic E-state index is -0.777. The topological polar surface area (TPSA) is 141 Å². The highest BCUT2D eigenvalue weighted by molar-refractivity contribution is 5.96. The summed E-state index contributed by atoms with van der Waals surface area (Å²) in [6.45, 7) is -0.615. The van der Waals surface area contributed by atoms with Crippen molar-refractivity contribution in [3.05, 3.63) is 70.0 Å². The van der Waals surface area contributed by atoms with Crippen molar-refractivity contribution >= 4 is 23.5 Å². The number of benzene rings is 1. The van der Waals surface area contributed by atoms with Crippen molar-refractivity contribution in [2.24, 2.45) is 0 Å². The highest BCUT2D eigenvalue weighted by atomic mass is 16.6. The van der Waals surface area contributed by atoms with Crippen molar-refractivity contribution in [1.82, 2.24) is 15.8 Å². The number of hydrogen-bond acceptors (Lipinski definition) is 7. The second-order valence-electron chi connectivity index (χ2n) is 4.62. The first kappa shape index (κ1) is 17.5. The highest BCUT2D eigenvalue weighted by Gasteiger charge is 2.13. The van der Waals surface area contributed by atoms with Crippen LogP contribution in [-0.2, 0) is 9.53 Å². The predicted octanol–water partition coefficient (Wildman–Crippen LogP) is 0.608. The molecule has 0 bridgehead atoms. The molecule has 0 saturated heterocycles. The molecule has 1 aromatic heterocycles. The second-order valence-corrected chi connectivity index (χ2v) is 4.62. The van der Waals surface area contributed by atoms with E-state index < -0.39 is 29.3 Å². The lowest BCUT2D eigenvalue weighted by Gasteiger charge is -2.08. The highest BCUT2D eigenvalue weighted by Crippen LogP contribution is 2.12. The number of hydrogen-bond donors (Lipinski definition) is 2. The molecule has 0 aliphatic carbocycles. The summed E-state index contributed by atoms with van der Waals surface area (Å²) in [7, 11) is 0. The lowest BCUT2D eigenvalue weighted by atomic mass is 10.2. The lowest BCUT2D eigenvalue weighted by molar-refractivity contribution is -0.384. The Balaban J connectivity index is 1.81. The molecule has 128 valence electrons. The van der Waals surface area contributed by atoms with E-state index in [0.717, 1.165) is 6.07 Å². The molecule has 1 aromatic carbocycles. The number of nitro benzene ring substituents is 1. The van der Waals surface area contributed by atoms with Gasteiger partial charge in [0.2, 0.25) is 0 Å². The summed E-state index contributed by atoms with van der Waals surface area (Å²) in [4.78, 5) is 48.8. The molecule has 1 heterocycles. The third-order valence-electron chi connectivity index (χ3n) is 2.88. The number of nitrogens with one attached hydrogen (secondary N) is 2. The van der Waals surface area contributed by atoms with Crippen molar-refractivity contribution in [2.45, 2.75) is 0 Å². The van der Waals surface area contributed by atoms with E-state index in [-0.39, 0.29) is 16.8 Å². The monoisotopic (exact) mass is 344 g/mol. The van der Waals surface area contributed by atoms with Gasteiger partial charge in [-0.05, 0) is 18.2 Å². The van der Waals surface area contributed by atoms with Crippen LogP contribution in [0.5, 0.6) is 0 Å². The van der Waals surface area contributed by atoms with Gasteiger partial charge in [-0.25, -0.2) is 4.79 Å². The Hall–Kier alpha value is -3.82. The van der Waals surface area contributed by atoms with Gasteiger partial charge < -0.3 is 4.74 Å². The Morgan fingerprint density at radius 3 is 2.48 bits per heavy atom. The lowest BCUT2D eigenvalue weighted by Crippen LogP contribution is -2.43. The van der Waals surface area contributed by atoms with Crippen molar-refractivity contribution < 1.29 is 24.0 Å². The van der Waals surface area contributed by atoms with Gasteiger partial charge in [0.1, 0.15) is 0 Å².